The van der Waals surface area contributed by atoms with Gasteiger partial charge in [-0.3, -0.25) is 9.59 Å². The van der Waals surface area contributed by atoms with E-state index in [1.165, 1.54) is 17.0 Å². The van der Waals surface area contributed by atoms with Gasteiger partial charge in [-0.25, -0.2) is 4.39 Å². The maximum atomic E-state index is 14.1. The van der Waals surface area contributed by atoms with E-state index >= 15 is 0 Å². The van der Waals surface area contributed by atoms with Crippen LogP contribution in [0.5, 0.6) is 5.75 Å². The van der Waals surface area contributed by atoms with E-state index in [0.29, 0.717) is 11.4 Å². The first-order valence-corrected chi connectivity index (χ1v) is 11.8. The molecule has 35 heavy (non-hydrogen) atoms. The second-order valence-corrected chi connectivity index (χ2v) is 9.75. The maximum absolute atomic E-state index is 14.1. The Hall–Kier alpha value is -3.38. The molecule has 0 saturated heterocycles. The van der Waals surface area contributed by atoms with Crippen molar-refractivity contribution in [3.63, 3.8) is 0 Å². The standard InChI is InChI=1S/C28H30ClFN2O3/c1-28(2,3)31-27(34)24(17-20-9-5-4-6-10-20)32(18-21-13-15-22(29)16-14-21)26(33)19-35-25-12-8-7-11-23(25)30/h4-16,24H,17-19H2,1-3H3,(H,31,34)/t24-/m1/s1. The summed E-state index contributed by atoms with van der Waals surface area (Å²) in [7, 11) is 0. The largest absolute Gasteiger partial charge is 0.481 e. The van der Waals surface area contributed by atoms with Crippen molar-refractivity contribution in [2.75, 3.05) is 6.61 Å². The molecule has 0 bridgehead atoms. The van der Waals surface area contributed by atoms with Gasteiger partial charge in [0.1, 0.15) is 6.04 Å². The van der Waals surface area contributed by atoms with Gasteiger partial charge in [0.05, 0.1) is 0 Å². The predicted molar refractivity (Wildman–Crippen MR) is 136 cm³/mol. The van der Waals surface area contributed by atoms with E-state index < -0.39 is 29.9 Å². The molecule has 3 rings (SSSR count). The molecule has 7 heteroatoms. The molecule has 0 radical (unpaired) electrons. The average Bonchev–Trinajstić information content (AvgIpc) is 2.81. The molecule has 1 atom stereocenters. The molecule has 0 unspecified atom stereocenters. The van der Waals surface area contributed by atoms with Crippen LogP contribution >= 0.6 is 11.6 Å². The van der Waals surface area contributed by atoms with Crippen molar-refractivity contribution in [1.82, 2.24) is 10.2 Å². The van der Waals surface area contributed by atoms with E-state index in [4.69, 9.17) is 16.3 Å². The SMILES string of the molecule is CC(C)(C)NC(=O)[C@@H](Cc1ccccc1)N(Cc1ccc(Cl)cc1)C(=O)COc1ccccc1F. The highest BCUT2D eigenvalue weighted by Crippen LogP contribution is 2.19. The van der Waals surface area contributed by atoms with E-state index in [9.17, 15) is 14.0 Å². The highest BCUT2D eigenvalue weighted by Gasteiger charge is 2.32. The number of amides is 2. The second-order valence-electron chi connectivity index (χ2n) is 9.31. The number of para-hydroxylation sites is 1. The van der Waals surface area contributed by atoms with Gasteiger partial charge in [0.25, 0.3) is 5.91 Å². The maximum Gasteiger partial charge on any atom is 0.261 e. The fourth-order valence-electron chi connectivity index (χ4n) is 3.58. The number of ether oxygens (including phenoxy) is 1. The highest BCUT2D eigenvalue weighted by atomic mass is 35.5. The Morgan fingerprint density at radius 2 is 1.57 bits per heavy atom. The van der Waals surface area contributed by atoms with Gasteiger partial charge in [-0.2, -0.15) is 0 Å². The van der Waals surface area contributed by atoms with E-state index in [0.717, 1.165) is 11.1 Å². The fraction of sp³-hybridized carbons (Fsp3) is 0.286. The van der Waals surface area contributed by atoms with Gasteiger partial charge in [-0.15, -0.1) is 0 Å². The number of hydrogen-bond acceptors (Lipinski definition) is 3. The number of benzene rings is 3. The number of nitrogens with zero attached hydrogens (tertiary/aromatic N) is 1. The molecule has 0 heterocycles. The van der Waals surface area contributed by atoms with Crippen molar-refractivity contribution in [2.24, 2.45) is 0 Å². The molecule has 0 saturated carbocycles. The number of hydrogen-bond donors (Lipinski definition) is 1. The minimum Gasteiger partial charge on any atom is -0.481 e. The first kappa shape index (κ1) is 26.2. The lowest BCUT2D eigenvalue weighted by atomic mass is 10.0. The summed E-state index contributed by atoms with van der Waals surface area (Å²) in [5.74, 6) is -1.30. The number of rotatable bonds is 9. The third-order valence-electron chi connectivity index (χ3n) is 5.22. The minimum absolute atomic E-state index is 0.0222. The van der Waals surface area contributed by atoms with Crippen LogP contribution in [0.2, 0.25) is 5.02 Å². The Kier molecular flexibility index (Phi) is 8.88. The third-order valence-corrected chi connectivity index (χ3v) is 5.48. The summed E-state index contributed by atoms with van der Waals surface area (Å²) in [6, 6.07) is 21.7. The van der Waals surface area contributed by atoms with Crippen LogP contribution in [0, 0.1) is 5.82 Å². The van der Waals surface area contributed by atoms with Gasteiger partial charge in [0, 0.05) is 23.5 Å². The van der Waals surface area contributed by atoms with Gasteiger partial charge < -0.3 is 15.0 Å². The van der Waals surface area contributed by atoms with E-state index in [2.05, 4.69) is 5.32 Å². The van der Waals surface area contributed by atoms with Gasteiger partial charge in [-0.05, 0) is 56.2 Å². The second kappa shape index (κ2) is 11.8. The molecule has 3 aromatic carbocycles. The lowest BCUT2D eigenvalue weighted by Gasteiger charge is -2.33. The smallest absolute Gasteiger partial charge is 0.261 e. The average molecular weight is 497 g/mol. The summed E-state index contributed by atoms with van der Waals surface area (Å²) >= 11 is 6.04. The summed E-state index contributed by atoms with van der Waals surface area (Å²) in [6.45, 7) is 5.40. The molecule has 1 N–H and O–H groups in total. The molecule has 0 aliphatic rings. The molecule has 2 amide bonds. The summed E-state index contributed by atoms with van der Waals surface area (Å²) in [5.41, 5.74) is 1.21. The summed E-state index contributed by atoms with van der Waals surface area (Å²) in [6.07, 6.45) is 0.307. The molecular weight excluding hydrogens is 467 g/mol. The van der Waals surface area contributed by atoms with Crippen LogP contribution in [0.1, 0.15) is 31.9 Å². The van der Waals surface area contributed by atoms with Crippen molar-refractivity contribution >= 4 is 23.4 Å². The Balaban J connectivity index is 1.93. The molecule has 0 spiro atoms. The Bertz CT molecular complexity index is 1130. The lowest BCUT2D eigenvalue weighted by molar-refractivity contribution is -0.143. The zero-order chi connectivity index (χ0) is 25.4. The van der Waals surface area contributed by atoms with Crippen LogP contribution in [-0.2, 0) is 22.6 Å². The Morgan fingerprint density at radius 1 is 0.943 bits per heavy atom. The van der Waals surface area contributed by atoms with Gasteiger partial charge in [0.2, 0.25) is 5.91 Å². The van der Waals surface area contributed by atoms with Gasteiger partial charge in [0.15, 0.2) is 18.2 Å². The number of carbonyl (C=O) groups is 2. The van der Waals surface area contributed by atoms with E-state index in [1.54, 1.807) is 24.3 Å². The first-order chi connectivity index (χ1) is 16.6. The van der Waals surface area contributed by atoms with E-state index in [1.807, 2.05) is 63.2 Å². The van der Waals surface area contributed by atoms with Gasteiger partial charge in [-0.1, -0.05) is 66.2 Å². The summed E-state index contributed by atoms with van der Waals surface area (Å²) in [5, 5.41) is 3.57. The third kappa shape index (κ3) is 8.11. The summed E-state index contributed by atoms with van der Waals surface area (Å²) in [4.78, 5) is 28.4. The van der Waals surface area contributed by atoms with Crippen LogP contribution in [0.3, 0.4) is 0 Å². The topological polar surface area (TPSA) is 58.6 Å². The number of carbonyl (C=O) groups excluding carboxylic acids is 2. The van der Waals surface area contributed by atoms with Crippen LogP contribution in [0.15, 0.2) is 78.9 Å². The van der Waals surface area contributed by atoms with Crippen molar-refractivity contribution in [1.29, 1.82) is 0 Å². The molecule has 0 aliphatic carbocycles. The number of nitrogens with one attached hydrogen (secondary N) is 1. The molecule has 0 fully saturated rings. The molecule has 184 valence electrons. The Morgan fingerprint density at radius 3 is 2.20 bits per heavy atom. The molecule has 5 nitrogen and oxygen atoms in total. The molecular formula is C28H30ClFN2O3. The summed E-state index contributed by atoms with van der Waals surface area (Å²) < 4.78 is 19.6. The normalized spacial score (nSPS) is 12.0. The monoisotopic (exact) mass is 496 g/mol. The fourth-order valence-corrected chi connectivity index (χ4v) is 3.70. The minimum atomic E-state index is -0.816. The number of halogens is 2. The van der Waals surface area contributed by atoms with Crippen molar-refractivity contribution < 1.29 is 18.7 Å². The molecule has 0 aliphatic heterocycles. The first-order valence-electron chi connectivity index (χ1n) is 11.4. The molecule has 0 aromatic heterocycles. The van der Waals surface area contributed by atoms with Crippen LogP contribution in [-0.4, -0.2) is 34.9 Å². The zero-order valence-corrected chi connectivity index (χ0v) is 20.9. The van der Waals surface area contributed by atoms with Crippen LogP contribution in [0.4, 0.5) is 4.39 Å². The Labute approximate surface area is 210 Å². The van der Waals surface area contributed by atoms with Crippen molar-refractivity contribution in [3.05, 3.63) is 101 Å². The van der Waals surface area contributed by atoms with Crippen molar-refractivity contribution in [3.8, 4) is 5.75 Å². The predicted octanol–water partition coefficient (Wildman–Crippen LogP) is 5.41. The van der Waals surface area contributed by atoms with Crippen molar-refractivity contribution in [2.45, 2.75) is 45.3 Å². The van der Waals surface area contributed by atoms with Crippen LogP contribution < -0.4 is 10.1 Å². The van der Waals surface area contributed by atoms with Gasteiger partial charge >= 0.3 is 0 Å². The lowest BCUT2D eigenvalue weighted by Crippen LogP contribution is -2.55. The zero-order valence-electron chi connectivity index (χ0n) is 20.1. The highest BCUT2D eigenvalue weighted by molar-refractivity contribution is 6.30. The van der Waals surface area contributed by atoms with E-state index in [-0.39, 0.29) is 18.2 Å². The molecule has 3 aromatic rings. The van der Waals surface area contributed by atoms with Crippen LogP contribution in [0.25, 0.3) is 0 Å². The quantitative estimate of drug-likeness (QED) is 0.430.